The summed E-state index contributed by atoms with van der Waals surface area (Å²) in [4.78, 5) is 41.8. The molecule has 0 spiro atoms. The third-order valence-electron chi connectivity index (χ3n) is 10.8. The molecule has 2 aliphatic rings. The molecule has 49 heavy (non-hydrogen) atoms. The van der Waals surface area contributed by atoms with Gasteiger partial charge in [0.2, 0.25) is 0 Å². The predicted molar refractivity (Wildman–Crippen MR) is 177 cm³/mol. The highest BCUT2D eigenvalue weighted by Crippen LogP contribution is 2.39. The molecule has 1 amide bonds. The van der Waals surface area contributed by atoms with Crippen LogP contribution in [0.3, 0.4) is 0 Å². The summed E-state index contributed by atoms with van der Waals surface area (Å²) in [5, 5.41) is 45.8. The molecule has 2 saturated heterocycles. The van der Waals surface area contributed by atoms with Crippen molar-refractivity contribution in [3.63, 3.8) is 0 Å². The summed E-state index contributed by atoms with van der Waals surface area (Å²) in [7, 11) is 2.94. The van der Waals surface area contributed by atoms with Gasteiger partial charge in [-0.05, 0) is 71.2 Å². The Labute approximate surface area is 288 Å². The molecular weight excluding hydrogens is 641 g/mol. The van der Waals surface area contributed by atoms with E-state index in [9.17, 15) is 39.2 Å². The smallest absolute Gasteiger partial charge is 0.311 e. The summed E-state index contributed by atoms with van der Waals surface area (Å²) in [5.41, 5.74) is -3.08. The molecule has 4 N–H and O–H groups in total. The lowest BCUT2D eigenvalue weighted by atomic mass is 9.74. The van der Waals surface area contributed by atoms with Gasteiger partial charge in [0.15, 0.2) is 6.29 Å². The first-order chi connectivity index (χ1) is 22.7. The van der Waals surface area contributed by atoms with E-state index in [0.29, 0.717) is 0 Å². The van der Waals surface area contributed by atoms with E-state index in [1.165, 1.54) is 64.1 Å². The molecule has 0 radical (unpaired) electrons. The molecule has 13 heteroatoms. The molecule has 14 atom stereocenters. The van der Waals surface area contributed by atoms with E-state index in [1.54, 1.807) is 34.6 Å². The molecule has 1 aromatic carbocycles. The molecule has 12 nitrogen and oxygen atoms in total. The topological polar surface area (TPSA) is 172 Å². The number of nitrogens with zero attached hydrogens (tertiary/aromatic N) is 1. The lowest BCUT2D eigenvalue weighted by Crippen LogP contribution is -2.61. The number of carbonyl (C=O) groups is 3. The SMILES string of the molecule is CC[C@H]1OC(=O)[C@H](C)[C@@H](O)[C@H](C)[C@@H](O[C@@H]2O[C@H](C)C[C@H](N(C)C(=O)c3ccc(F)cc3)[C@H]2O)[C@](C)(OC)C[C@@H](C)C(=O)[C@H](C)[C@@H](O)[C@]1(C)O. The molecule has 1 aromatic rings. The van der Waals surface area contributed by atoms with Crippen molar-refractivity contribution < 1.29 is 58.1 Å². The van der Waals surface area contributed by atoms with Crippen LogP contribution < -0.4 is 0 Å². The van der Waals surface area contributed by atoms with Crippen molar-refractivity contribution in [2.24, 2.45) is 23.7 Å². The minimum Gasteiger partial charge on any atom is -0.459 e. The number of amides is 1. The fourth-order valence-electron chi connectivity index (χ4n) is 7.40. The highest BCUT2D eigenvalue weighted by molar-refractivity contribution is 5.94. The van der Waals surface area contributed by atoms with Crippen LogP contribution in [-0.4, -0.2) is 117 Å². The van der Waals surface area contributed by atoms with Gasteiger partial charge in [-0.15, -0.1) is 0 Å². The van der Waals surface area contributed by atoms with Gasteiger partial charge in [-0.1, -0.05) is 27.7 Å². The average Bonchev–Trinajstić information content (AvgIpc) is 3.07. The monoisotopic (exact) mass is 697 g/mol. The van der Waals surface area contributed by atoms with Crippen molar-refractivity contribution in [2.75, 3.05) is 14.2 Å². The second kappa shape index (κ2) is 16.2. The van der Waals surface area contributed by atoms with E-state index in [-0.39, 0.29) is 30.6 Å². The van der Waals surface area contributed by atoms with Gasteiger partial charge in [0.1, 0.15) is 29.4 Å². The summed E-state index contributed by atoms with van der Waals surface area (Å²) in [6.07, 6.45) is -8.05. The highest BCUT2D eigenvalue weighted by Gasteiger charge is 2.52. The summed E-state index contributed by atoms with van der Waals surface area (Å²) >= 11 is 0. The van der Waals surface area contributed by atoms with Crippen LogP contribution in [0.4, 0.5) is 4.39 Å². The Morgan fingerprint density at radius 1 is 1.02 bits per heavy atom. The van der Waals surface area contributed by atoms with Crippen LogP contribution in [0.2, 0.25) is 0 Å². The van der Waals surface area contributed by atoms with E-state index in [0.717, 1.165) is 0 Å². The molecular formula is C36H56FNO11. The minimum absolute atomic E-state index is 0.0318. The Balaban J connectivity index is 2.03. The number of cyclic esters (lactones) is 1. The highest BCUT2D eigenvalue weighted by atomic mass is 19.1. The van der Waals surface area contributed by atoms with Crippen LogP contribution in [0.25, 0.3) is 0 Å². The Bertz CT molecular complexity index is 1290. The van der Waals surface area contributed by atoms with E-state index in [2.05, 4.69) is 0 Å². The molecule has 2 heterocycles. The zero-order chi connectivity index (χ0) is 37.2. The second-order valence-electron chi connectivity index (χ2n) is 14.5. The number of rotatable bonds is 6. The number of ether oxygens (including phenoxy) is 4. The number of hydrogen-bond acceptors (Lipinski definition) is 11. The average molecular weight is 698 g/mol. The largest absolute Gasteiger partial charge is 0.459 e. The summed E-state index contributed by atoms with van der Waals surface area (Å²) in [6.45, 7) is 12.7. The van der Waals surface area contributed by atoms with Gasteiger partial charge in [0, 0.05) is 37.5 Å². The number of aliphatic hydroxyl groups excluding tert-OH is 3. The van der Waals surface area contributed by atoms with E-state index in [1.807, 2.05) is 0 Å². The number of benzene rings is 1. The maximum absolute atomic E-state index is 13.7. The standard InChI is InChI=1S/C36H56FNO11/c1-11-26-36(8,45)30(42)20(4)27(39)18(2)17-35(7,46-10)31(21(5)28(40)22(6)33(44)48-26)49-34-29(41)25(16-19(3)47-34)38(9)32(43)23-12-14-24(37)15-13-23/h12-15,18-22,25-26,28-31,34,40-42,45H,11,16-17H2,1-10H3/t18-,19-,20+,21+,22-,25+,26-,28+,29-,30-,31-,34+,35-,36-/m1/s1. The Morgan fingerprint density at radius 2 is 1.61 bits per heavy atom. The normalized spacial score (nSPS) is 41.4. The van der Waals surface area contributed by atoms with Crippen LogP contribution in [0.15, 0.2) is 24.3 Å². The fourth-order valence-corrected chi connectivity index (χ4v) is 7.40. The van der Waals surface area contributed by atoms with E-state index >= 15 is 0 Å². The van der Waals surface area contributed by atoms with Crippen molar-refractivity contribution in [2.45, 2.75) is 135 Å². The zero-order valence-electron chi connectivity index (χ0n) is 30.3. The number of Topliss-reactive ketones (excluding diaryl/α,β-unsaturated/α-hetero) is 1. The van der Waals surface area contributed by atoms with E-state index in [4.69, 9.17) is 18.9 Å². The van der Waals surface area contributed by atoms with Gasteiger partial charge in [-0.25, -0.2) is 4.39 Å². The van der Waals surface area contributed by atoms with Crippen LogP contribution in [-0.2, 0) is 28.5 Å². The Kier molecular flexibility index (Phi) is 13.5. The second-order valence-corrected chi connectivity index (χ2v) is 14.5. The Hall–Kier alpha value is -2.52. The van der Waals surface area contributed by atoms with Crippen molar-refractivity contribution in [3.8, 4) is 0 Å². The predicted octanol–water partition coefficient (Wildman–Crippen LogP) is 2.86. The van der Waals surface area contributed by atoms with Crippen molar-refractivity contribution in [3.05, 3.63) is 35.6 Å². The van der Waals surface area contributed by atoms with Gasteiger partial charge in [0.25, 0.3) is 5.91 Å². The maximum atomic E-state index is 13.7. The molecule has 278 valence electrons. The molecule has 2 aliphatic heterocycles. The van der Waals surface area contributed by atoms with Crippen molar-refractivity contribution >= 4 is 17.7 Å². The molecule has 0 bridgehead atoms. The van der Waals surface area contributed by atoms with Gasteiger partial charge >= 0.3 is 5.97 Å². The summed E-state index contributed by atoms with van der Waals surface area (Å²) in [6, 6.07) is 4.29. The minimum atomic E-state index is -1.97. The molecule has 2 fully saturated rings. The number of methoxy groups -OCH3 is 1. The Morgan fingerprint density at radius 3 is 2.16 bits per heavy atom. The van der Waals surface area contributed by atoms with Gasteiger partial charge in [0.05, 0.1) is 42.0 Å². The molecule has 0 aliphatic carbocycles. The van der Waals surface area contributed by atoms with E-state index < -0.39 is 102 Å². The van der Waals surface area contributed by atoms with Crippen LogP contribution >= 0.6 is 0 Å². The molecule has 0 aromatic heterocycles. The van der Waals surface area contributed by atoms with Crippen LogP contribution in [0, 0.1) is 29.5 Å². The molecule has 0 saturated carbocycles. The summed E-state index contributed by atoms with van der Waals surface area (Å²) in [5.74, 6) is -5.95. The maximum Gasteiger partial charge on any atom is 0.311 e. The van der Waals surface area contributed by atoms with Gasteiger partial charge in [-0.3, -0.25) is 14.4 Å². The first-order valence-electron chi connectivity index (χ1n) is 17.1. The third kappa shape index (κ3) is 8.69. The molecule has 3 rings (SSSR count). The van der Waals surface area contributed by atoms with Gasteiger partial charge < -0.3 is 44.3 Å². The first kappa shape index (κ1) is 40.9. The fraction of sp³-hybridized carbons (Fsp3) is 0.750. The zero-order valence-corrected chi connectivity index (χ0v) is 30.3. The first-order valence-corrected chi connectivity index (χ1v) is 17.1. The lowest BCUT2D eigenvalue weighted by molar-refractivity contribution is -0.300. The number of esters is 1. The number of carbonyl (C=O) groups excluding carboxylic acids is 3. The number of likely N-dealkylation sites (N-methyl/N-ethyl adjacent to an activating group) is 1. The third-order valence-corrected chi connectivity index (χ3v) is 10.8. The van der Waals surface area contributed by atoms with Crippen LogP contribution in [0.1, 0.15) is 85.0 Å². The quantitative estimate of drug-likeness (QED) is 0.322. The van der Waals surface area contributed by atoms with Crippen molar-refractivity contribution in [1.82, 2.24) is 4.90 Å². The van der Waals surface area contributed by atoms with Gasteiger partial charge in [-0.2, -0.15) is 0 Å². The summed E-state index contributed by atoms with van der Waals surface area (Å²) < 4.78 is 37.8. The number of halogens is 1. The number of hydrogen-bond donors (Lipinski definition) is 4. The number of aliphatic hydroxyl groups is 4. The number of ketones is 1. The van der Waals surface area contributed by atoms with Crippen LogP contribution in [0.5, 0.6) is 0 Å². The lowest BCUT2D eigenvalue weighted by Gasteiger charge is -2.48. The van der Waals surface area contributed by atoms with Crippen molar-refractivity contribution in [1.29, 1.82) is 0 Å². The molecule has 0 unspecified atom stereocenters.